The van der Waals surface area contributed by atoms with Crippen LogP contribution in [0.5, 0.6) is 5.75 Å². The second kappa shape index (κ2) is 9.66. The molecule has 5 rings (SSSR count). The summed E-state index contributed by atoms with van der Waals surface area (Å²) in [7, 11) is -1.88. The van der Waals surface area contributed by atoms with Gasteiger partial charge in [0.15, 0.2) is 9.84 Å². The Kier molecular flexibility index (Phi) is 6.46. The Morgan fingerprint density at radius 1 is 0.872 bits per heavy atom. The maximum Gasteiger partial charge on any atom is 0.573 e. The lowest BCUT2D eigenvalue weighted by atomic mass is 10.0. The summed E-state index contributed by atoms with van der Waals surface area (Å²) in [6.45, 7) is 0. The summed E-state index contributed by atoms with van der Waals surface area (Å²) in [4.78, 5) is 0.141. The van der Waals surface area contributed by atoms with Crippen molar-refractivity contribution < 1.29 is 30.7 Å². The lowest BCUT2D eigenvalue weighted by Crippen LogP contribution is -2.16. The minimum absolute atomic E-state index is 0.141. The van der Waals surface area contributed by atoms with Crippen LogP contribution in [0.25, 0.3) is 39.3 Å². The molecule has 0 spiro atoms. The van der Waals surface area contributed by atoms with Gasteiger partial charge in [-0.2, -0.15) is 4.39 Å². The van der Waals surface area contributed by atoms with Crippen LogP contribution >= 0.6 is 0 Å². The standard InChI is InChI=1S/C26H19F4N5O3S/c1-34-22(14-25(27)32-34)21-11-8-18(17-4-3-5-20(12-17)39(2,36)37)13-23(21)35-24(15-31-33-35)16-6-9-19(10-7-16)38-26(28,29)30/h3-15H,1-2H3. The quantitative estimate of drug-likeness (QED) is 0.258. The molecular formula is C26H19F4N5O3S. The van der Waals surface area contributed by atoms with E-state index in [-0.39, 0.29) is 10.6 Å². The number of ether oxygens (including phenoxy) is 1. The van der Waals surface area contributed by atoms with E-state index in [4.69, 9.17) is 0 Å². The van der Waals surface area contributed by atoms with Crippen LogP contribution in [-0.4, -0.2) is 45.8 Å². The molecule has 0 saturated heterocycles. The summed E-state index contributed by atoms with van der Waals surface area (Å²) >= 11 is 0. The van der Waals surface area contributed by atoms with Crippen LogP contribution < -0.4 is 4.74 Å². The van der Waals surface area contributed by atoms with Crippen LogP contribution in [0.15, 0.2) is 83.9 Å². The zero-order valence-electron chi connectivity index (χ0n) is 20.4. The molecule has 0 radical (unpaired) electrons. The molecule has 0 aliphatic carbocycles. The highest BCUT2D eigenvalue weighted by atomic mass is 32.2. The number of alkyl halides is 3. The van der Waals surface area contributed by atoms with Crippen molar-refractivity contribution in [1.29, 1.82) is 0 Å². The van der Waals surface area contributed by atoms with Crippen molar-refractivity contribution in [3.05, 3.63) is 84.9 Å². The minimum Gasteiger partial charge on any atom is -0.406 e. The van der Waals surface area contributed by atoms with E-state index in [1.165, 1.54) is 52.0 Å². The summed E-state index contributed by atoms with van der Waals surface area (Å²) in [5.41, 5.74) is 3.56. The molecular weight excluding hydrogens is 538 g/mol. The van der Waals surface area contributed by atoms with Crippen LogP contribution in [0.3, 0.4) is 0 Å². The van der Waals surface area contributed by atoms with Crippen molar-refractivity contribution in [2.24, 2.45) is 7.05 Å². The molecule has 3 aromatic carbocycles. The Labute approximate surface area is 220 Å². The minimum atomic E-state index is -4.83. The van der Waals surface area contributed by atoms with Gasteiger partial charge >= 0.3 is 6.36 Å². The van der Waals surface area contributed by atoms with Gasteiger partial charge in [0.2, 0.25) is 5.95 Å². The first kappa shape index (κ1) is 26.1. The molecule has 0 bridgehead atoms. The third-order valence-corrected chi connectivity index (χ3v) is 6.99. The highest BCUT2D eigenvalue weighted by molar-refractivity contribution is 7.90. The Morgan fingerprint density at radius 2 is 1.56 bits per heavy atom. The zero-order chi connectivity index (χ0) is 27.9. The Hall–Kier alpha value is -4.52. The lowest BCUT2D eigenvalue weighted by Gasteiger charge is -2.15. The smallest absolute Gasteiger partial charge is 0.406 e. The van der Waals surface area contributed by atoms with Crippen molar-refractivity contribution in [3.63, 3.8) is 0 Å². The fourth-order valence-corrected chi connectivity index (χ4v) is 4.80. The first-order valence-electron chi connectivity index (χ1n) is 11.3. The van der Waals surface area contributed by atoms with E-state index in [0.717, 1.165) is 6.26 Å². The second-order valence-electron chi connectivity index (χ2n) is 8.61. The maximum atomic E-state index is 14.0. The topological polar surface area (TPSA) is 91.9 Å². The van der Waals surface area contributed by atoms with Crippen LogP contribution in [0.4, 0.5) is 17.6 Å². The largest absolute Gasteiger partial charge is 0.573 e. The van der Waals surface area contributed by atoms with Gasteiger partial charge in [-0.05, 0) is 53.6 Å². The highest BCUT2D eigenvalue weighted by Crippen LogP contribution is 2.35. The molecule has 2 heterocycles. The molecule has 0 aliphatic heterocycles. The number of nitrogens with zero attached hydrogens (tertiary/aromatic N) is 5. The van der Waals surface area contributed by atoms with E-state index in [0.29, 0.717) is 39.3 Å². The van der Waals surface area contributed by atoms with E-state index >= 15 is 0 Å². The molecule has 2 aromatic heterocycles. The third-order valence-electron chi connectivity index (χ3n) is 5.88. The molecule has 0 unspecified atom stereocenters. The fraction of sp³-hybridized carbons (Fsp3) is 0.115. The van der Waals surface area contributed by atoms with Gasteiger partial charge in [0.05, 0.1) is 28.2 Å². The normalized spacial score (nSPS) is 12.1. The van der Waals surface area contributed by atoms with E-state index in [1.807, 2.05) is 0 Å². The molecule has 0 fully saturated rings. The molecule has 39 heavy (non-hydrogen) atoms. The average Bonchev–Trinajstić information content (AvgIpc) is 3.49. The van der Waals surface area contributed by atoms with Gasteiger partial charge in [-0.15, -0.1) is 23.4 Å². The SMILES string of the molecule is Cn1nc(F)cc1-c1ccc(-c2cccc(S(C)(=O)=O)c2)cc1-n1nncc1-c1ccc(OC(F)(F)F)cc1. The fourth-order valence-electron chi connectivity index (χ4n) is 4.13. The van der Waals surface area contributed by atoms with Crippen molar-refractivity contribution in [2.45, 2.75) is 11.3 Å². The third kappa shape index (κ3) is 5.53. The number of aryl methyl sites for hydroxylation is 1. The monoisotopic (exact) mass is 557 g/mol. The van der Waals surface area contributed by atoms with Gasteiger partial charge in [0.1, 0.15) is 5.75 Å². The summed E-state index contributed by atoms with van der Waals surface area (Å²) < 4.78 is 82.8. The molecule has 0 aliphatic rings. The van der Waals surface area contributed by atoms with Gasteiger partial charge in [-0.3, -0.25) is 4.68 Å². The second-order valence-corrected chi connectivity index (χ2v) is 10.6. The van der Waals surface area contributed by atoms with E-state index in [1.54, 1.807) is 43.4 Å². The van der Waals surface area contributed by atoms with E-state index in [2.05, 4.69) is 20.1 Å². The van der Waals surface area contributed by atoms with Gasteiger partial charge in [-0.25, -0.2) is 13.1 Å². The van der Waals surface area contributed by atoms with Gasteiger partial charge in [0.25, 0.3) is 0 Å². The van der Waals surface area contributed by atoms with Crippen molar-refractivity contribution in [2.75, 3.05) is 6.26 Å². The number of halogens is 4. The number of benzene rings is 3. The molecule has 0 amide bonds. The lowest BCUT2D eigenvalue weighted by molar-refractivity contribution is -0.274. The van der Waals surface area contributed by atoms with Gasteiger partial charge in [0, 0.05) is 30.5 Å². The summed E-state index contributed by atoms with van der Waals surface area (Å²) in [6, 6.07) is 18.1. The van der Waals surface area contributed by atoms with Crippen molar-refractivity contribution in [3.8, 4) is 45.1 Å². The number of hydrogen-bond donors (Lipinski definition) is 0. The Bertz CT molecular complexity index is 1780. The first-order valence-corrected chi connectivity index (χ1v) is 13.2. The summed E-state index contributed by atoms with van der Waals surface area (Å²) in [6.07, 6.45) is -2.28. The summed E-state index contributed by atoms with van der Waals surface area (Å²) in [5.74, 6) is -1.08. The molecule has 13 heteroatoms. The molecule has 0 saturated carbocycles. The number of rotatable bonds is 6. The van der Waals surface area contributed by atoms with E-state index in [9.17, 15) is 26.0 Å². The van der Waals surface area contributed by atoms with Crippen LogP contribution in [0.1, 0.15) is 0 Å². The van der Waals surface area contributed by atoms with Crippen molar-refractivity contribution in [1.82, 2.24) is 24.8 Å². The number of hydrogen-bond acceptors (Lipinski definition) is 6. The molecule has 0 N–H and O–H groups in total. The predicted octanol–water partition coefficient (Wildman–Crippen LogP) is 5.44. The molecule has 200 valence electrons. The Morgan fingerprint density at radius 3 is 2.21 bits per heavy atom. The van der Waals surface area contributed by atoms with Crippen LogP contribution in [0.2, 0.25) is 0 Å². The van der Waals surface area contributed by atoms with Gasteiger partial charge in [-0.1, -0.05) is 29.5 Å². The predicted molar refractivity (Wildman–Crippen MR) is 134 cm³/mol. The van der Waals surface area contributed by atoms with Gasteiger partial charge < -0.3 is 4.74 Å². The summed E-state index contributed by atoms with van der Waals surface area (Å²) in [5, 5.41) is 12.0. The molecule has 8 nitrogen and oxygen atoms in total. The first-order chi connectivity index (χ1) is 18.4. The zero-order valence-corrected chi connectivity index (χ0v) is 21.2. The number of aromatic nitrogens is 5. The average molecular weight is 558 g/mol. The van der Waals surface area contributed by atoms with Crippen LogP contribution in [-0.2, 0) is 16.9 Å². The Balaban J connectivity index is 1.66. The highest BCUT2D eigenvalue weighted by Gasteiger charge is 2.31. The molecule has 5 aromatic rings. The maximum absolute atomic E-state index is 14.0. The van der Waals surface area contributed by atoms with Crippen molar-refractivity contribution >= 4 is 9.84 Å². The van der Waals surface area contributed by atoms with E-state index < -0.39 is 22.1 Å². The van der Waals surface area contributed by atoms with Crippen LogP contribution in [0, 0.1) is 5.95 Å². The number of sulfone groups is 1. The molecule has 0 atom stereocenters.